The molecule has 1 spiro atoms. The molecule has 0 aromatic carbocycles. The minimum atomic E-state index is -1.05. The van der Waals surface area contributed by atoms with E-state index >= 15 is 0 Å². The summed E-state index contributed by atoms with van der Waals surface area (Å²) in [5.74, 6) is -1.87. The minimum Gasteiger partial charge on any atom is -0.394 e. The van der Waals surface area contributed by atoms with Crippen LogP contribution in [0.1, 0.15) is 60.3 Å². The predicted octanol–water partition coefficient (Wildman–Crippen LogP) is 1.07. The van der Waals surface area contributed by atoms with Gasteiger partial charge in [0.2, 0.25) is 17.7 Å². The number of likely N-dealkylation sites (tertiary alicyclic amines) is 1. The van der Waals surface area contributed by atoms with Crippen LogP contribution in [0.5, 0.6) is 0 Å². The number of nitrogens with one attached hydrogen (secondary N) is 2. The first-order valence-electron chi connectivity index (χ1n) is 11.7. The zero-order chi connectivity index (χ0) is 23.1. The van der Waals surface area contributed by atoms with Crippen molar-refractivity contribution in [2.45, 2.75) is 83.6 Å². The second-order valence-electron chi connectivity index (χ2n) is 10.2. The first-order valence-corrected chi connectivity index (χ1v) is 11.7. The van der Waals surface area contributed by atoms with Crippen molar-refractivity contribution in [1.29, 1.82) is 0 Å². The van der Waals surface area contributed by atoms with E-state index in [-0.39, 0.29) is 36.2 Å². The van der Waals surface area contributed by atoms with E-state index in [0.29, 0.717) is 19.4 Å². The number of carbonyl (C=O) groups is 3. The number of ether oxygens (including phenoxy) is 1. The van der Waals surface area contributed by atoms with E-state index in [4.69, 9.17) is 4.74 Å². The molecule has 31 heavy (non-hydrogen) atoms. The normalized spacial score (nSPS) is 37.3. The Hall–Kier alpha value is -1.67. The summed E-state index contributed by atoms with van der Waals surface area (Å²) in [6.45, 7) is 10.3. The number of aliphatic hydroxyl groups excluding tert-OH is 1. The van der Waals surface area contributed by atoms with Crippen LogP contribution in [0.3, 0.4) is 0 Å². The van der Waals surface area contributed by atoms with Crippen molar-refractivity contribution in [3.8, 4) is 0 Å². The molecule has 0 aromatic rings. The van der Waals surface area contributed by atoms with Crippen LogP contribution in [0, 0.1) is 23.7 Å². The largest absolute Gasteiger partial charge is 0.394 e. The van der Waals surface area contributed by atoms with Crippen LogP contribution in [0.4, 0.5) is 0 Å². The Bertz CT molecular complexity index is 728. The fourth-order valence-electron chi connectivity index (χ4n) is 6.23. The molecule has 0 aliphatic carbocycles. The lowest BCUT2D eigenvalue weighted by atomic mass is 9.62. The van der Waals surface area contributed by atoms with Gasteiger partial charge in [0.1, 0.15) is 11.6 Å². The molecule has 3 heterocycles. The van der Waals surface area contributed by atoms with Crippen LogP contribution in [-0.2, 0) is 19.1 Å². The number of carbonyl (C=O) groups excluding carboxylic acids is 3. The zero-order valence-corrected chi connectivity index (χ0v) is 19.7. The molecule has 3 rings (SSSR count). The monoisotopic (exact) mass is 437 g/mol. The van der Waals surface area contributed by atoms with Gasteiger partial charge >= 0.3 is 0 Å². The van der Waals surface area contributed by atoms with E-state index in [1.807, 2.05) is 27.7 Å². The quantitative estimate of drug-likeness (QED) is 0.468. The summed E-state index contributed by atoms with van der Waals surface area (Å²) < 4.78 is 6.59. The molecule has 3 amide bonds. The molecule has 3 N–H and O–H groups in total. The van der Waals surface area contributed by atoms with Gasteiger partial charge in [0.25, 0.3) is 0 Å². The number of amides is 3. The van der Waals surface area contributed by atoms with E-state index in [2.05, 4.69) is 17.6 Å². The highest BCUT2D eigenvalue weighted by molar-refractivity contribution is 5.99. The van der Waals surface area contributed by atoms with Gasteiger partial charge in [0.05, 0.1) is 30.1 Å². The first-order chi connectivity index (χ1) is 14.6. The first kappa shape index (κ1) is 24.0. The van der Waals surface area contributed by atoms with Crippen molar-refractivity contribution < 1.29 is 24.2 Å². The van der Waals surface area contributed by atoms with Crippen molar-refractivity contribution >= 4 is 17.7 Å². The van der Waals surface area contributed by atoms with Gasteiger partial charge in [0.15, 0.2) is 0 Å². The average molecular weight is 438 g/mol. The van der Waals surface area contributed by atoms with Gasteiger partial charge in [-0.25, -0.2) is 0 Å². The summed E-state index contributed by atoms with van der Waals surface area (Å²) in [5, 5.41) is 15.9. The smallest absolute Gasteiger partial charge is 0.245 e. The molecule has 3 fully saturated rings. The van der Waals surface area contributed by atoms with Crippen LogP contribution in [-0.4, -0.2) is 71.2 Å². The summed E-state index contributed by atoms with van der Waals surface area (Å²) in [5.41, 5.74) is -1.86. The van der Waals surface area contributed by atoms with E-state index in [9.17, 15) is 19.5 Å². The summed E-state index contributed by atoms with van der Waals surface area (Å²) in [6.07, 6.45) is 2.89. The van der Waals surface area contributed by atoms with Crippen LogP contribution in [0.25, 0.3) is 0 Å². The fourth-order valence-corrected chi connectivity index (χ4v) is 6.23. The number of fused-ring (bicyclic) bond motifs is 1. The van der Waals surface area contributed by atoms with Gasteiger partial charge in [0, 0.05) is 13.6 Å². The Balaban J connectivity index is 2.08. The molecule has 3 saturated heterocycles. The molecule has 0 saturated carbocycles. The third-order valence-corrected chi connectivity index (χ3v) is 7.71. The van der Waals surface area contributed by atoms with E-state index in [1.165, 1.54) is 0 Å². The highest BCUT2D eigenvalue weighted by atomic mass is 16.5. The molecule has 176 valence electrons. The van der Waals surface area contributed by atoms with Crippen molar-refractivity contribution in [2.24, 2.45) is 23.7 Å². The summed E-state index contributed by atoms with van der Waals surface area (Å²) in [6, 6.07) is -1.35. The maximum atomic E-state index is 13.9. The number of hydrogen-bond acceptors (Lipinski definition) is 5. The summed E-state index contributed by atoms with van der Waals surface area (Å²) in [7, 11) is 1.57. The summed E-state index contributed by atoms with van der Waals surface area (Å²) in [4.78, 5) is 41.8. The van der Waals surface area contributed by atoms with Crippen molar-refractivity contribution in [3.63, 3.8) is 0 Å². The molecule has 8 nitrogen and oxygen atoms in total. The van der Waals surface area contributed by atoms with Crippen molar-refractivity contribution in [1.82, 2.24) is 15.5 Å². The van der Waals surface area contributed by atoms with Gasteiger partial charge < -0.3 is 25.4 Å². The Morgan fingerprint density at radius 2 is 2.00 bits per heavy atom. The molecule has 0 radical (unpaired) electrons. The third kappa shape index (κ3) is 3.55. The second kappa shape index (κ2) is 8.70. The highest BCUT2D eigenvalue weighted by Gasteiger charge is 2.80. The van der Waals surface area contributed by atoms with Gasteiger partial charge in [-0.3, -0.25) is 14.4 Å². The standard InChI is InChI=1S/C23H39N3O5/c1-7-8-9-25-20(29)18-23-11-14(4)22(5,31-23)16(19(28)24-6)17(23)21(30)26(18)15(12-27)10-13(2)3/h13-18,27H,7-12H2,1-6H3,(H,24,28)(H,25,29)/t14?,15-,16+,17+,18?,22-,23?/m1/s1. The lowest BCUT2D eigenvalue weighted by Gasteiger charge is -2.37. The average Bonchev–Trinajstić information content (AvgIpc) is 3.22. The van der Waals surface area contributed by atoms with Crippen molar-refractivity contribution in [3.05, 3.63) is 0 Å². The number of rotatable bonds is 9. The maximum Gasteiger partial charge on any atom is 0.245 e. The van der Waals surface area contributed by atoms with E-state index in [1.54, 1.807) is 11.9 Å². The Morgan fingerprint density at radius 1 is 1.32 bits per heavy atom. The summed E-state index contributed by atoms with van der Waals surface area (Å²) >= 11 is 0. The zero-order valence-electron chi connectivity index (χ0n) is 19.7. The molecular formula is C23H39N3O5. The topological polar surface area (TPSA) is 108 Å². The molecule has 2 bridgehead atoms. The lowest BCUT2D eigenvalue weighted by Crippen LogP contribution is -2.58. The molecule has 7 atom stereocenters. The fraction of sp³-hybridized carbons (Fsp3) is 0.870. The van der Waals surface area contributed by atoms with Gasteiger partial charge in [-0.2, -0.15) is 0 Å². The van der Waals surface area contributed by atoms with Gasteiger partial charge in [-0.05, 0) is 38.0 Å². The molecular weight excluding hydrogens is 398 g/mol. The molecule has 3 unspecified atom stereocenters. The number of nitrogens with zero attached hydrogens (tertiary/aromatic N) is 1. The number of hydrogen-bond donors (Lipinski definition) is 3. The Labute approximate surface area is 185 Å². The molecule has 8 heteroatoms. The number of aliphatic hydroxyl groups is 1. The molecule has 0 aromatic heterocycles. The van der Waals surface area contributed by atoms with Gasteiger partial charge in [-0.15, -0.1) is 0 Å². The van der Waals surface area contributed by atoms with Crippen LogP contribution in [0.15, 0.2) is 0 Å². The van der Waals surface area contributed by atoms with Crippen molar-refractivity contribution in [2.75, 3.05) is 20.2 Å². The Morgan fingerprint density at radius 3 is 2.55 bits per heavy atom. The molecule has 3 aliphatic heterocycles. The van der Waals surface area contributed by atoms with E-state index < -0.39 is 35.1 Å². The minimum absolute atomic E-state index is 0.0161. The van der Waals surface area contributed by atoms with Crippen LogP contribution in [0.2, 0.25) is 0 Å². The maximum absolute atomic E-state index is 13.9. The van der Waals surface area contributed by atoms with Crippen LogP contribution >= 0.6 is 0 Å². The van der Waals surface area contributed by atoms with E-state index in [0.717, 1.165) is 12.8 Å². The van der Waals surface area contributed by atoms with Crippen LogP contribution < -0.4 is 10.6 Å². The highest BCUT2D eigenvalue weighted by Crippen LogP contribution is 2.65. The lowest BCUT2D eigenvalue weighted by molar-refractivity contribution is -0.151. The van der Waals surface area contributed by atoms with Gasteiger partial charge in [-0.1, -0.05) is 34.1 Å². The third-order valence-electron chi connectivity index (χ3n) is 7.71. The predicted molar refractivity (Wildman–Crippen MR) is 116 cm³/mol. The SMILES string of the molecule is CCCCNC(=O)C1N([C@@H](CO)CC(C)C)C(=O)[C@@H]2[C@@H](C(=O)NC)[C@]3(C)OC12CC3C. The molecule has 3 aliphatic rings. The number of unbranched alkanes of at least 4 members (excludes halogenated alkanes) is 1. The Kier molecular flexibility index (Phi) is 6.73. The second-order valence-corrected chi connectivity index (χ2v) is 10.2.